The summed E-state index contributed by atoms with van der Waals surface area (Å²) in [6.45, 7) is 5.51. The van der Waals surface area contributed by atoms with E-state index < -0.39 is 23.8 Å². The highest BCUT2D eigenvalue weighted by molar-refractivity contribution is 7.18. The largest absolute Gasteiger partial charge is 0.477 e. The Morgan fingerprint density at radius 2 is 1.93 bits per heavy atom. The van der Waals surface area contributed by atoms with Crippen molar-refractivity contribution in [3.63, 3.8) is 0 Å². The number of nitrogens with zero attached hydrogens (tertiary/aromatic N) is 2. The van der Waals surface area contributed by atoms with E-state index in [-0.39, 0.29) is 47.3 Å². The van der Waals surface area contributed by atoms with Crippen LogP contribution in [0.2, 0.25) is 0 Å². The van der Waals surface area contributed by atoms with E-state index in [1.165, 1.54) is 16.9 Å². The van der Waals surface area contributed by atoms with Crippen molar-refractivity contribution in [2.45, 2.75) is 40.2 Å². The number of hydrogen-bond donors (Lipinski definition) is 2. The van der Waals surface area contributed by atoms with Crippen molar-refractivity contribution < 1.29 is 33.8 Å². The zero-order valence-corrected chi connectivity index (χ0v) is 17.7. The molecule has 0 aliphatic rings. The number of esters is 2. The number of anilines is 1. The molecule has 0 aliphatic carbocycles. The molecule has 0 saturated carbocycles. The Hall–Kier alpha value is -3.21. The van der Waals surface area contributed by atoms with Crippen LogP contribution in [0.3, 0.4) is 0 Å². The van der Waals surface area contributed by atoms with Gasteiger partial charge in [0, 0.05) is 12.6 Å². The van der Waals surface area contributed by atoms with E-state index in [9.17, 15) is 19.2 Å². The molecule has 0 aromatic carbocycles. The summed E-state index contributed by atoms with van der Waals surface area (Å²) in [5, 5.41) is 15.8. The summed E-state index contributed by atoms with van der Waals surface area (Å²) < 4.78 is 11.4. The number of carboxylic acid groups (broad SMARTS) is 1. The van der Waals surface area contributed by atoms with Crippen LogP contribution in [0.25, 0.3) is 0 Å². The lowest BCUT2D eigenvalue weighted by atomic mass is 10.1. The van der Waals surface area contributed by atoms with E-state index >= 15 is 0 Å². The molecule has 11 heteroatoms. The highest BCUT2D eigenvalue weighted by atomic mass is 32.1. The van der Waals surface area contributed by atoms with Crippen molar-refractivity contribution in [2.75, 3.05) is 18.5 Å². The molecule has 2 aromatic heterocycles. The molecular formula is C19H23N3O7S. The van der Waals surface area contributed by atoms with Crippen LogP contribution in [-0.4, -0.2) is 51.9 Å². The highest BCUT2D eigenvalue weighted by Crippen LogP contribution is 2.34. The van der Waals surface area contributed by atoms with Gasteiger partial charge in [-0.25, -0.2) is 14.4 Å². The van der Waals surface area contributed by atoms with Crippen LogP contribution in [0.5, 0.6) is 0 Å². The zero-order valence-electron chi connectivity index (χ0n) is 16.9. The normalized spacial score (nSPS) is 10.5. The van der Waals surface area contributed by atoms with Crippen molar-refractivity contribution in [3.05, 3.63) is 34.0 Å². The van der Waals surface area contributed by atoms with Gasteiger partial charge in [-0.15, -0.1) is 11.3 Å². The molecule has 30 heavy (non-hydrogen) atoms. The van der Waals surface area contributed by atoms with Crippen LogP contribution in [0.4, 0.5) is 5.00 Å². The van der Waals surface area contributed by atoms with Crippen LogP contribution in [0.1, 0.15) is 62.8 Å². The van der Waals surface area contributed by atoms with Gasteiger partial charge < -0.3 is 19.9 Å². The van der Waals surface area contributed by atoms with E-state index in [4.69, 9.17) is 14.6 Å². The molecule has 2 N–H and O–H groups in total. The predicted octanol–water partition coefficient (Wildman–Crippen LogP) is 2.72. The molecular weight excluding hydrogens is 414 g/mol. The third-order valence-corrected chi connectivity index (χ3v) is 5.18. The molecule has 0 fully saturated rings. The molecule has 2 aromatic rings. The van der Waals surface area contributed by atoms with Gasteiger partial charge in [0.25, 0.3) is 0 Å². The average molecular weight is 437 g/mol. The van der Waals surface area contributed by atoms with Gasteiger partial charge in [0.2, 0.25) is 5.91 Å². The number of aromatic carboxylic acids is 1. The van der Waals surface area contributed by atoms with Crippen LogP contribution < -0.4 is 5.32 Å². The first-order valence-electron chi connectivity index (χ1n) is 9.32. The van der Waals surface area contributed by atoms with Gasteiger partial charge in [-0.3, -0.25) is 9.48 Å². The number of ether oxygens (including phenoxy) is 2. The van der Waals surface area contributed by atoms with Crippen molar-refractivity contribution in [1.82, 2.24) is 9.78 Å². The summed E-state index contributed by atoms with van der Waals surface area (Å²) in [4.78, 5) is 48.4. The number of hydrogen-bond acceptors (Lipinski definition) is 8. The lowest BCUT2D eigenvalue weighted by Gasteiger charge is -2.08. The smallest absolute Gasteiger partial charge is 0.354 e. The molecule has 1 amide bonds. The number of carboxylic acids is 1. The number of amides is 1. The standard InChI is InChI=1S/C19H23N3O7S/c1-4-10-29-18(26)14-11(3)15(19(27)28-5-2)30-16(14)21-13(23)7-9-22-12(17(24)25)6-8-20-22/h6,8H,4-5,7,9-10H2,1-3H3,(H,21,23)(H,24,25). The maximum absolute atomic E-state index is 12.5. The fourth-order valence-corrected chi connectivity index (χ4v) is 3.70. The van der Waals surface area contributed by atoms with Gasteiger partial charge >= 0.3 is 17.9 Å². The number of thiophene rings is 1. The second kappa shape index (κ2) is 10.5. The Morgan fingerprint density at radius 1 is 1.20 bits per heavy atom. The summed E-state index contributed by atoms with van der Waals surface area (Å²) in [7, 11) is 0. The second-order valence-corrected chi connectivity index (χ2v) is 7.18. The summed E-state index contributed by atoms with van der Waals surface area (Å²) in [6, 6.07) is 1.33. The van der Waals surface area contributed by atoms with Gasteiger partial charge in [-0.05, 0) is 31.9 Å². The van der Waals surface area contributed by atoms with Gasteiger partial charge in [-0.1, -0.05) is 6.92 Å². The Morgan fingerprint density at radius 3 is 2.57 bits per heavy atom. The maximum atomic E-state index is 12.5. The fourth-order valence-electron chi connectivity index (χ4n) is 2.59. The monoisotopic (exact) mass is 437 g/mol. The summed E-state index contributed by atoms with van der Waals surface area (Å²) in [6.07, 6.45) is 1.87. The van der Waals surface area contributed by atoms with E-state index in [2.05, 4.69) is 10.4 Å². The number of aryl methyl sites for hydroxylation is 1. The summed E-state index contributed by atoms with van der Waals surface area (Å²) >= 11 is 0.932. The van der Waals surface area contributed by atoms with Gasteiger partial charge in [-0.2, -0.15) is 5.10 Å². The van der Waals surface area contributed by atoms with Gasteiger partial charge in [0.1, 0.15) is 15.6 Å². The van der Waals surface area contributed by atoms with Crippen LogP contribution in [-0.2, 0) is 20.8 Å². The minimum atomic E-state index is -1.15. The molecule has 0 bridgehead atoms. The van der Waals surface area contributed by atoms with E-state index in [0.717, 1.165) is 11.3 Å². The number of carbonyl (C=O) groups is 4. The van der Waals surface area contributed by atoms with Crippen LogP contribution in [0.15, 0.2) is 12.3 Å². The molecule has 0 saturated heterocycles. The Bertz CT molecular complexity index is 948. The maximum Gasteiger partial charge on any atom is 0.354 e. The third kappa shape index (κ3) is 5.44. The lowest BCUT2D eigenvalue weighted by molar-refractivity contribution is -0.116. The second-order valence-electron chi connectivity index (χ2n) is 6.16. The summed E-state index contributed by atoms with van der Waals surface area (Å²) in [5.74, 6) is -2.85. The van der Waals surface area contributed by atoms with Crippen molar-refractivity contribution in [2.24, 2.45) is 0 Å². The summed E-state index contributed by atoms with van der Waals surface area (Å²) in [5.41, 5.74) is 0.438. The number of rotatable bonds is 10. The zero-order chi connectivity index (χ0) is 22.3. The topological polar surface area (TPSA) is 137 Å². The Kier molecular flexibility index (Phi) is 8.10. The fraction of sp³-hybridized carbons (Fsp3) is 0.421. The van der Waals surface area contributed by atoms with Crippen molar-refractivity contribution in [1.29, 1.82) is 0 Å². The molecule has 2 heterocycles. The van der Waals surface area contributed by atoms with Crippen molar-refractivity contribution >= 4 is 40.2 Å². The first-order valence-corrected chi connectivity index (χ1v) is 10.1. The lowest BCUT2D eigenvalue weighted by Crippen LogP contribution is -2.18. The predicted molar refractivity (Wildman–Crippen MR) is 108 cm³/mol. The molecule has 10 nitrogen and oxygen atoms in total. The van der Waals surface area contributed by atoms with E-state index in [1.54, 1.807) is 13.8 Å². The molecule has 0 unspecified atom stereocenters. The molecule has 162 valence electrons. The highest BCUT2D eigenvalue weighted by Gasteiger charge is 2.27. The molecule has 0 spiro atoms. The first kappa shape index (κ1) is 23.1. The third-order valence-electron chi connectivity index (χ3n) is 3.99. The SMILES string of the molecule is CCCOC(=O)c1c(NC(=O)CCn2nccc2C(=O)O)sc(C(=O)OCC)c1C. The van der Waals surface area contributed by atoms with E-state index in [1.807, 2.05) is 6.92 Å². The first-order chi connectivity index (χ1) is 14.3. The van der Waals surface area contributed by atoms with Crippen LogP contribution in [0, 0.1) is 6.92 Å². The molecule has 0 aliphatic heterocycles. The van der Waals surface area contributed by atoms with Gasteiger partial charge in [0.15, 0.2) is 0 Å². The number of nitrogens with one attached hydrogen (secondary N) is 1. The van der Waals surface area contributed by atoms with E-state index in [0.29, 0.717) is 12.0 Å². The number of aromatic nitrogens is 2. The van der Waals surface area contributed by atoms with Crippen LogP contribution >= 0.6 is 11.3 Å². The Balaban J connectivity index is 2.21. The molecule has 2 rings (SSSR count). The minimum Gasteiger partial charge on any atom is -0.477 e. The quantitative estimate of drug-likeness (QED) is 0.541. The molecule has 0 atom stereocenters. The number of carbonyl (C=O) groups excluding carboxylic acids is 3. The average Bonchev–Trinajstić information content (AvgIpc) is 3.29. The van der Waals surface area contributed by atoms with Gasteiger partial charge in [0.05, 0.1) is 25.3 Å². The van der Waals surface area contributed by atoms with Crippen molar-refractivity contribution in [3.8, 4) is 0 Å². The Labute approximate surface area is 176 Å². The molecule has 0 radical (unpaired) electrons. The minimum absolute atomic E-state index is 0.0329.